The van der Waals surface area contributed by atoms with Crippen LogP contribution in [0, 0.1) is 5.92 Å². The normalized spacial score (nSPS) is 23.2. The van der Waals surface area contributed by atoms with Crippen LogP contribution in [0.1, 0.15) is 119 Å². The summed E-state index contributed by atoms with van der Waals surface area (Å²) in [5, 5.41) is 22.0. The summed E-state index contributed by atoms with van der Waals surface area (Å²) in [7, 11) is 4.08. The Kier molecular flexibility index (Phi) is 13.1. The molecule has 3 saturated heterocycles. The number of imide groups is 1. The van der Waals surface area contributed by atoms with E-state index in [9.17, 15) is 32.3 Å². The zero-order valence-electron chi connectivity index (χ0n) is 39.1. The second-order valence-electron chi connectivity index (χ2n) is 19.9. The average molecular weight is 944 g/mol. The Labute approximate surface area is 391 Å². The van der Waals surface area contributed by atoms with Crippen molar-refractivity contribution in [2.45, 2.75) is 121 Å². The number of nitrogens with one attached hydrogen (secondary N) is 3. The molecule has 0 spiro atoms. The molecular weight excluding hydrogens is 884 g/mol. The van der Waals surface area contributed by atoms with Crippen molar-refractivity contribution in [1.29, 1.82) is 0 Å². The summed E-state index contributed by atoms with van der Waals surface area (Å²) in [5.41, 5.74) is 1.66. The molecule has 5 aromatic rings. The smallest absolute Gasteiger partial charge is 0.407 e. The first-order chi connectivity index (χ1) is 32.5. The molecular formula is C47H60F3N13O5. The van der Waals surface area contributed by atoms with Crippen molar-refractivity contribution in [1.82, 2.24) is 49.7 Å². The van der Waals surface area contributed by atoms with Crippen molar-refractivity contribution < 1.29 is 37.1 Å². The maximum atomic E-state index is 15.0. The summed E-state index contributed by atoms with van der Waals surface area (Å²) in [5.74, 6) is -0.856. The molecule has 0 bridgehead atoms. The Morgan fingerprint density at radius 3 is 2.49 bits per heavy atom. The van der Waals surface area contributed by atoms with Gasteiger partial charge in [-0.25, -0.2) is 27.5 Å². The molecule has 18 nitrogen and oxygen atoms in total. The molecule has 4 amide bonds. The summed E-state index contributed by atoms with van der Waals surface area (Å²) in [6.45, 7) is 8.25. The molecule has 1 aromatic carbocycles. The Hall–Kier alpha value is -6.25. The largest absolute Gasteiger partial charge is 0.444 e. The molecule has 3 atom stereocenters. The molecule has 1 unspecified atom stereocenters. The van der Waals surface area contributed by atoms with Crippen LogP contribution in [0.15, 0.2) is 42.9 Å². The van der Waals surface area contributed by atoms with Gasteiger partial charge in [-0.05, 0) is 103 Å². The number of alkyl halides is 3. The first-order valence-electron chi connectivity index (χ1n) is 23.6. The van der Waals surface area contributed by atoms with Crippen molar-refractivity contribution in [3.63, 3.8) is 0 Å². The van der Waals surface area contributed by atoms with E-state index in [2.05, 4.69) is 60.1 Å². The first-order valence-corrected chi connectivity index (χ1v) is 23.6. The summed E-state index contributed by atoms with van der Waals surface area (Å²) in [4.78, 5) is 61.7. The fourth-order valence-electron chi connectivity index (χ4n) is 10.4. The fraction of sp³-hybridized carbons (Fsp3) is 0.574. The van der Waals surface area contributed by atoms with Crippen LogP contribution in [-0.4, -0.2) is 127 Å². The van der Waals surface area contributed by atoms with Gasteiger partial charge in [0.15, 0.2) is 11.3 Å². The number of piperidine rings is 3. The van der Waals surface area contributed by atoms with Crippen LogP contribution in [0.5, 0.6) is 0 Å². The first kappa shape index (κ1) is 46.8. The number of halogens is 3. The van der Waals surface area contributed by atoms with Crippen molar-refractivity contribution in [3.05, 3.63) is 59.8 Å². The number of fused-ring (bicyclic) bond motifs is 2. The lowest BCUT2D eigenvalue weighted by Gasteiger charge is -2.40. The fourth-order valence-corrected chi connectivity index (χ4v) is 10.4. The monoisotopic (exact) mass is 943 g/mol. The lowest BCUT2D eigenvalue weighted by Crippen LogP contribution is -2.52. The van der Waals surface area contributed by atoms with Crippen molar-refractivity contribution in [2.75, 3.05) is 54.9 Å². The topological polar surface area (TPSA) is 189 Å². The number of aryl methyl sites for hydroxylation is 1. The highest BCUT2D eigenvalue weighted by Crippen LogP contribution is 2.37. The van der Waals surface area contributed by atoms with Crippen LogP contribution in [0.25, 0.3) is 16.6 Å². The average Bonchev–Trinajstić information content (AvgIpc) is 4.01. The number of nitrogens with zero attached hydrogens (tertiary/aromatic N) is 10. The minimum Gasteiger partial charge on any atom is -0.444 e. The molecule has 4 fully saturated rings. The number of hydrogen-bond acceptors (Lipinski definition) is 12. The van der Waals surface area contributed by atoms with Crippen LogP contribution in [0.3, 0.4) is 0 Å². The van der Waals surface area contributed by atoms with Crippen LogP contribution < -0.4 is 25.8 Å². The SMILES string of the molecule is CN(CC1CCC(n2cc(NC(=O)c3cnn4ccc(N5C[C@H](F)C[C@@H](NC(=O)OC(C)(C)C)C5)nc34)c(C(F)F)n2)CC1)C1CCN(c2ccc3c(C4CCC(=O)NC4=O)nn(C)c3c2)CC1. The van der Waals surface area contributed by atoms with Gasteiger partial charge in [0.25, 0.3) is 12.3 Å². The van der Waals surface area contributed by atoms with Crippen LogP contribution in [0.4, 0.5) is 35.2 Å². The maximum Gasteiger partial charge on any atom is 0.407 e. The highest BCUT2D eigenvalue weighted by atomic mass is 19.3. The van der Waals surface area contributed by atoms with Crippen molar-refractivity contribution in [2.24, 2.45) is 13.0 Å². The van der Waals surface area contributed by atoms with Gasteiger partial charge in [-0.3, -0.25) is 29.1 Å². The van der Waals surface area contributed by atoms with E-state index < -0.39 is 47.9 Å². The summed E-state index contributed by atoms with van der Waals surface area (Å²) in [6.07, 6.45) is 5.79. The highest BCUT2D eigenvalue weighted by molar-refractivity contribution is 6.08. The summed E-state index contributed by atoms with van der Waals surface area (Å²) < 4.78 is 54.0. The van der Waals surface area contributed by atoms with Crippen molar-refractivity contribution >= 4 is 57.6 Å². The van der Waals surface area contributed by atoms with Gasteiger partial charge < -0.3 is 30.1 Å². The minimum atomic E-state index is -2.93. The van der Waals surface area contributed by atoms with Gasteiger partial charge in [-0.15, -0.1) is 0 Å². The van der Waals surface area contributed by atoms with Gasteiger partial charge in [-0.1, -0.05) is 0 Å². The number of amides is 4. The van der Waals surface area contributed by atoms with E-state index >= 15 is 0 Å². The lowest BCUT2D eigenvalue weighted by atomic mass is 9.85. The van der Waals surface area contributed by atoms with E-state index in [4.69, 9.17) is 9.84 Å². The predicted octanol–water partition coefficient (Wildman–Crippen LogP) is 6.30. The molecule has 9 rings (SSSR count). The number of ether oxygens (including phenoxy) is 1. The minimum absolute atomic E-state index is 0.0206. The van der Waals surface area contributed by atoms with E-state index in [0.29, 0.717) is 36.3 Å². The molecule has 3 N–H and O–H groups in total. The van der Waals surface area contributed by atoms with E-state index in [-0.39, 0.29) is 54.3 Å². The molecule has 1 aliphatic carbocycles. The molecule has 3 aliphatic heterocycles. The van der Waals surface area contributed by atoms with Gasteiger partial charge >= 0.3 is 6.09 Å². The Morgan fingerprint density at radius 2 is 1.76 bits per heavy atom. The number of anilines is 3. The van der Waals surface area contributed by atoms with Gasteiger partial charge in [0.2, 0.25) is 11.8 Å². The third-order valence-electron chi connectivity index (χ3n) is 13.9. The lowest BCUT2D eigenvalue weighted by molar-refractivity contribution is -0.134. The predicted molar refractivity (Wildman–Crippen MR) is 248 cm³/mol. The quantitative estimate of drug-likeness (QED) is 0.126. The number of benzene rings is 1. The number of rotatable bonds is 11. The molecule has 364 valence electrons. The summed E-state index contributed by atoms with van der Waals surface area (Å²) >= 11 is 0. The van der Waals surface area contributed by atoms with E-state index in [1.165, 1.54) is 16.9 Å². The van der Waals surface area contributed by atoms with Gasteiger partial charge in [0.05, 0.1) is 47.6 Å². The van der Waals surface area contributed by atoms with E-state index in [0.717, 1.165) is 74.7 Å². The van der Waals surface area contributed by atoms with Gasteiger partial charge in [0.1, 0.15) is 23.2 Å². The zero-order valence-corrected chi connectivity index (χ0v) is 39.1. The molecule has 68 heavy (non-hydrogen) atoms. The number of hydrogen-bond donors (Lipinski definition) is 3. The highest BCUT2D eigenvalue weighted by Gasteiger charge is 2.34. The zero-order chi connectivity index (χ0) is 48.0. The Balaban J connectivity index is 0.778. The van der Waals surface area contributed by atoms with Gasteiger partial charge in [-0.2, -0.15) is 15.3 Å². The van der Waals surface area contributed by atoms with E-state index in [1.54, 1.807) is 42.6 Å². The maximum absolute atomic E-state index is 15.0. The second kappa shape index (κ2) is 19.0. The summed E-state index contributed by atoms with van der Waals surface area (Å²) in [6, 6.07) is 7.70. The number of aromatic nitrogens is 7. The third-order valence-corrected chi connectivity index (χ3v) is 13.9. The van der Waals surface area contributed by atoms with Crippen LogP contribution in [-0.2, 0) is 21.4 Å². The Morgan fingerprint density at radius 1 is 1.00 bits per heavy atom. The van der Waals surface area contributed by atoms with Crippen LogP contribution >= 0.6 is 0 Å². The number of carbonyl (C=O) groups is 4. The number of alkyl carbamates (subject to hydrolysis) is 1. The van der Waals surface area contributed by atoms with Crippen LogP contribution in [0.2, 0.25) is 0 Å². The third kappa shape index (κ3) is 10.1. The molecule has 7 heterocycles. The van der Waals surface area contributed by atoms with Gasteiger partial charge in [0, 0.05) is 75.6 Å². The molecule has 21 heteroatoms. The Bertz CT molecular complexity index is 2680. The molecule has 0 radical (unpaired) electrons. The molecule has 1 saturated carbocycles. The molecule has 4 aromatic heterocycles. The molecule has 4 aliphatic rings. The second-order valence-corrected chi connectivity index (χ2v) is 19.9. The standard InChI is InChI=1S/C47H60F3N13O5/c1-47(2,3)68-46(67)52-29-20-28(48)24-61(25-29)38-16-19-62-43(54-38)35(22-51-62)45(66)53-36-26-63(57-41(36)42(49)50)31-8-6-27(7-9-31)23-58(4)30-14-17-60(18-15-30)32-10-11-33-37(21-32)59(5)56-40(33)34-12-13-39(64)55-44(34)65/h10-11,16,19,21-22,26-31,34,42H,6-9,12-15,17-18,20,23-25H2,1-5H3,(H,52,67)(H,53,66)(H,55,64,65)/t27?,28-,29-,31?,34?/m1/s1. The van der Waals surface area contributed by atoms with Crippen molar-refractivity contribution in [3.8, 4) is 0 Å². The number of carbonyl (C=O) groups excluding carboxylic acids is 4. The van der Waals surface area contributed by atoms with E-state index in [1.807, 2.05) is 17.8 Å².